The Morgan fingerprint density at radius 2 is 1.92 bits per heavy atom. The Balaban J connectivity index is 3.66. The van der Waals surface area contributed by atoms with Crippen LogP contribution in [0.1, 0.15) is 6.42 Å². The molecule has 0 aromatic carbocycles. The average molecular weight is 415 g/mol. The van der Waals surface area contributed by atoms with Gasteiger partial charge in [-0.25, -0.2) is 0 Å². The van der Waals surface area contributed by atoms with Gasteiger partial charge >= 0.3 is 98.7 Å². The zero-order valence-corrected chi connectivity index (χ0v) is 12.1. The molecule has 0 aliphatic carbocycles. The minimum absolute atomic E-state index is 0.00582. The first-order valence-corrected chi connectivity index (χ1v) is 10.2. The number of nitrogens with zero attached hydrogens (tertiary/aromatic N) is 1. The van der Waals surface area contributed by atoms with Gasteiger partial charge in [-0.15, -0.1) is 0 Å². The monoisotopic (exact) mass is 420 g/mol. The molecule has 0 rings (SSSR count). The molecule has 0 saturated heterocycles. The number of carboxylic acid groups (broad SMARTS) is 1. The molecule has 0 atom stereocenters. The number of carbonyl (C=O) groups is 2. The molecule has 7 heteroatoms. The van der Waals surface area contributed by atoms with Crippen LogP contribution in [0.15, 0.2) is 0 Å². The van der Waals surface area contributed by atoms with E-state index in [4.69, 9.17) is 5.11 Å². The van der Waals surface area contributed by atoms with Gasteiger partial charge in [0.15, 0.2) is 0 Å². The van der Waals surface area contributed by atoms with Crippen molar-refractivity contribution in [2.24, 2.45) is 0 Å². The predicted octanol–water partition coefficient (Wildman–Crippen LogP) is -0.193. The topological polar surface area (TPSA) is 69.6 Å². The molecule has 0 saturated carbocycles. The Morgan fingerprint density at radius 1 is 1.38 bits per heavy atom. The molecule has 0 spiro atoms. The van der Waals surface area contributed by atoms with Gasteiger partial charge < -0.3 is 0 Å². The van der Waals surface area contributed by atoms with Crippen LogP contribution in [0.3, 0.4) is 0 Å². The second kappa shape index (κ2) is 7.70. The normalized spacial score (nSPS) is 9.38. The van der Waals surface area contributed by atoms with Gasteiger partial charge in [-0.3, -0.25) is 0 Å². The molecule has 76 valence electrons. The fourth-order valence-electron chi connectivity index (χ4n) is 0.581. The van der Waals surface area contributed by atoms with E-state index in [1.807, 2.05) is 11.3 Å². The van der Waals surface area contributed by atoms with Gasteiger partial charge in [-0.2, -0.15) is 0 Å². The van der Waals surface area contributed by atoms with Crippen molar-refractivity contribution in [1.82, 2.24) is 6.72 Å². The summed E-state index contributed by atoms with van der Waals surface area (Å²) in [5.41, 5.74) is 0. The first kappa shape index (κ1) is 13.3. The summed E-state index contributed by atoms with van der Waals surface area (Å²) < 4.78 is 1.86. The van der Waals surface area contributed by atoms with Crippen LogP contribution < -0.4 is 5.32 Å². The maximum atomic E-state index is 11.3. The number of rotatable bonds is 5. The molecular formula is C6H12N2O3Te2. The number of hydrogen-bond acceptors (Lipinski definition) is 2. The van der Waals surface area contributed by atoms with E-state index in [0.717, 1.165) is 0 Å². The van der Waals surface area contributed by atoms with Crippen LogP contribution in [0.5, 0.6) is 0 Å². The molecule has 5 nitrogen and oxygen atoms in total. The van der Waals surface area contributed by atoms with E-state index in [-0.39, 0.29) is 61.4 Å². The molecule has 0 aliphatic heterocycles. The maximum absolute atomic E-state index is 11.3. The second-order valence-corrected chi connectivity index (χ2v) is 8.40. The summed E-state index contributed by atoms with van der Waals surface area (Å²) in [6.07, 6.45) is -0.00582. The Morgan fingerprint density at radius 3 is 2.31 bits per heavy atom. The number of carbonyl (C=O) groups excluding carboxylic acids is 1. The third-order valence-corrected chi connectivity index (χ3v) is 9.66. The number of urea groups is 1. The van der Waals surface area contributed by atoms with Crippen LogP contribution >= 0.6 is 0 Å². The molecule has 0 heterocycles. The summed E-state index contributed by atoms with van der Waals surface area (Å²) >= 11 is -0.726. The summed E-state index contributed by atoms with van der Waals surface area (Å²) in [4.78, 5) is 25.5. The number of hydrogen-bond donors (Lipinski definition) is 2. The van der Waals surface area contributed by atoms with Crippen molar-refractivity contribution in [3.63, 3.8) is 0 Å². The number of amides is 2. The van der Waals surface area contributed by atoms with Crippen molar-refractivity contribution in [3.8, 4) is 0 Å². The van der Waals surface area contributed by atoms with E-state index >= 15 is 0 Å². The molecule has 0 bridgehead atoms. The zero-order chi connectivity index (χ0) is 10.3. The second-order valence-electron chi connectivity index (χ2n) is 2.00. The summed E-state index contributed by atoms with van der Waals surface area (Å²) in [5, 5.41) is 10.9. The van der Waals surface area contributed by atoms with Gasteiger partial charge in [-0.1, -0.05) is 0 Å². The predicted molar refractivity (Wildman–Crippen MR) is 50.7 cm³/mol. The van der Waals surface area contributed by atoms with Crippen LogP contribution in [0.4, 0.5) is 4.79 Å². The molecule has 0 fully saturated rings. The van der Waals surface area contributed by atoms with Crippen molar-refractivity contribution >= 4 is 54.4 Å². The van der Waals surface area contributed by atoms with Gasteiger partial charge in [0.25, 0.3) is 0 Å². The number of aliphatic carboxylic acids is 1. The standard InChI is InChI=1S/C6H12N2O3Te2/c1-12-8(13-2)6(11)7-4-3-5(9)10/h3-4H2,1-2H3,(H,7,11)(H,9,10). The quantitative estimate of drug-likeness (QED) is 0.612. The molecular weight excluding hydrogens is 403 g/mol. The van der Waals surface area contributed by atoms with Crippen molar-refractivity contribution in [2.75, 3.05) is 6.54 Å². The molecule has 0 aromatic rings. The molecule has 0 aliphatic rings. The van der Waals surface area contributed by atoms with Crippen LogP contribution in [-0.2, 0) is 4.79 Å². The first-order chi connectivity index (χ1) is 6.11. The molecule has 0 aromatic heterocycles. The van der Waals surface area contributed by atoms with Crippen molar-refractivity contribution in [2.45, 2.75) is 16.4 Å². The minimum atomic E-state index is -0.882. The Bertz CT molecular complexity index is 185. The van der Waals surface area contributed by atoms with E-state index in [0.29, 0.717) is 0 Å². The van der Waals surface area contributed by atoms with Gasteiger partial charge in [0.2, 0.25) is 0 Å². The summed E-state index contributed by atoms with van der Waals surface area (Å²) in [7, 11) is 0. The van der Waals surface area contributed by atoms with Gasteiger partial charge in [0, 0.05) is 0 Å². The Labute approximate surface area is 98.1 Å². The van der Waals surface area contributed by atoms with Gasteiger partial charge in [0.1, 0.15) is 0 Å². The first-order valence-electron chi connectivity index (χ1n) is 3.49. The van der Waals surface area contributed by atoms with Gasteiger partial charge in [-0.05, 0) is 0 Å². The summed E-state index contributed by atoms with van der Waals surface area (Å²) in [5.74, 6) is -0.882. The van der Waals surface area contributed by atoms with E-state index < -0.39 is 5.97 Å². The van der Waals surface area contributed by atoms with Crippen LogP contribution in [0.2, 0.25) is 9.94 Å². The zero-order valence-electron chi connectivity index (χ0n) is 7.44. The average Bonchev–Trinajstić information content (AvgIpc) is 2.05. The molecule has 2 amide bonds. The SMILES string of the molecule is C[Te]N([Te]C)C(=O)NCCC(=O)O. The summed E-state index contributed by atoms with van der Waals surface area (Å²) in [6, 6.07) is -0.0870. The Hall–Kier alpha value is 0.319. The fraction of sp³-hybridized carbons (Fsp3) is 0.667. The third-order valence-electron chi connectivity index (χ3n) is 1.11. The van der Waals surface area contributed by atoms with Crippen LogP contribution in [0.25, 0.3) is 0 Å². The van der Waals surface area contributed by atoms with E-state index in [2.05, 4.69) is 5.32 Å². The van der Waals surface area contributed by atoms with Crippen LogP contribution in [0, 0.1) is 0 Å². The molecule has 0 unspecified atom stereocenters. The third kappa shape index (κ3) is 6.40. The molecule has 0 radical (unpaired) electrons. The molecule has 2 N–H and O–H groups in total. The van der Waals surface area contributed by atoms with Gasteiger partial charge in [0.05, 0.1) is 0 Å². The Kier molecular flexibility index (Phi) is 7.89. The van der Waals surface area contributed by atoms with Crippen molar-refractivity contribution in [1.29, 1.82) is 0 Å². The van der Waals surface area contributed by atoms with E-state index in [9.17, 15) is 9.59 Å². The van der Waals surface area contributed by atoms with Crippen molar-refractivity contribution < 1.29 is 14.7 Å². The van der Waals surface area contributed by atoms with Crippen molar-refractivity contribution in [3.05, 3.63) is 0 Å². The van der Waals surface area contributed by atoms with E-state index in [1.165, 1.54) is 0 Å². The number of nitrogens with one attached hydrogen (secondary N) is 1. The fourth-order valence-corrected chi connectivity index (χ4v) is 5.18. The number of carboxylic acids is 1. The van der Waals surface area contributed by atoms with E-state index in [1.54, 1.807) is 0 Å². The molecule has 13 heavy (non-hydrogen) atoms. The van der Waals surface area contributed by atoms with Crippen LogP contribution in [-0.4, -0.2) is 67.4 Å². The summed E-state index contributed by atoms with van der Waals surface area (Å²) in [6.45, 7) is 0.227.